The van der Waals surface area contributed by atoms with E-state index in [-0.39, 0.29) is 30.1 Å². The van der Waals surface area contributed by atoms with Crippen LogP contribution in [0.1, 0.15) is 19.8 Å². The van der Waals surface area contributed by atoms with E-state index in [1.165, 1.54) is 25.3 Å². The number of nitrogens with one attached hydrogen (secondary N) is 2. The minimum atomic E-state index is -0.239. The minimum Gasteiger partial charge on any atom is -0.327 e. The summed E-state index contributed by atoms with van der Waals surface area (Å²) < 4.78 is 0. The lowest BCUT2D eigenvalue weighted by Gasteiger charge is -2.02. The van der Waals surface area contributed by atoms with Gasteiger partial charge in [-0.15, -0.1) is 0 Å². The summed E-state index contributed by atoms with van der Waals surface area (Å²) in [5.41, 5.74) is 0.292. The fourth-order valence-electron chi connectivity index (χ4n) is 1.00. The van der Waals surface area contributed by atoms with Crippen LogP contribution < -0.4 is 10.9 Å². The number of anilines is 1. The second-order valence-corrected chi connectivity index (χ2v) is 3.19. The van der Waals surface area contributed by atoms with Gasteiger partial charge in [-0.1, -0.05) is 0 Å². The Morgan fingerprint density at radius 3 is 2.60 bits per heavy atom. The van der Waals surface area contributed by atoms with E-state index in [1.807, 2.05) is 0 Å². The lowest BCUT2D eigenvalue weighted by molar-refractivity contribution is -0.121. The number of rotatable bonds is 4. The molecule has 0 radical (unpaired) electrons. The topological polar surface area (TPSA) is 79.0 Å². The second-order valence-electron chi connectivity index (χ2n) is 3.19. The first-order chi connectivity index (χ1) is 7.08. The van der Waals surface area contributed by atoms with Crippen molar-refractivity contribution in [1.29, 1.82) is 0 Å². The van der Waals surface area contributed by atoms with Crippen LogP contribution in [0.5, 0.6) is 0 Å². The number of hydrogen-bond acceptors (Lipinski definition) is 3. The summed E-state index contributed by atoms with van der Waals surface area (Å²) in [6.45, 7) is 1.44. The Kier molecular flexibility index (Phi) is 3.79. The zero-order valence-electron chi connectivity index (χ0n) is 8.37. The van der Waals surface area contributed by atoms with Crippen molar-refractivity contribution in [3.63, 3.8) is 0 Å². The van der Waals surface area contributed by atoms with Gasteiger partial charge in [-0.05, 0) is 13.0 Å². The van der Waals surface area contributed by atoms with Gasteiger partial charge in [0.05, 0.1) is 5.69 Å². The van der Waals surface area contributed by atoms with Gasteiger partial charge in [0.1, 0.15) is 5.78 Å². The van der Waals surface area contributed by atoms with Crippen molar-refractivity contribution in [3.8, 4) is 0 Å². The zero-order valence-corrected chi connectivity index (χ0v) is 8.37. The smallest absolute Gasteiger partial charge is 0.248 e. The molecule has 15 heavy (non-hydrogen) atoms. The van der Waals surface area contributed by atoms with E-state index in [9.17, 15) is 14.4 Å². The molecule has 1 aromatic rings. The monoisotopic (exact) mass is 208 g/mol. The van der Waals surface area contributed by atoms with Crippen LogP contribution in [-0.2, 0) is 9.59 Å². The molecule has 0 atom stereocenters. The molecule has 0 aliphatic carbocycles. The molecule has 1 rings (SSSR count). The number of aromatic amines is 1. The average molecular weight is 208 g/mol. The summed E-state index contributed by atoms with van der Waals surface area (Å²) in [6, 6.07) is 2.82. The minimum absolute atomic E-state index is 0.0216. The fraction of sp³-hybridized carbons (Fsp3) is 0.300. The highest BCUT2D eigenvalue weighted by atomic mass is 16.2. The highest BCUT2D eigenvalue weighted by Gasteiger charge is 2.03. The summed E-state index contributed by atoms with van der Waals surface area (Å²) in [4.78, 5) is 35.0. The van der Waals surface area contributed by atoms with Gasteiger partial charge in [-0.3, -0.25) is 9.59 Å². The lowest BCUT2D eigenvalue weighted by atomic mass is 10.2. The molecule has 1 aromatic heterocycles. The Hall–Kier alpha value is -1.91. The number of Topliss-reactive ketones (excluding diaryl/α,β-unsaturated/α-hetero) is 1. The molecule has 0 unspecified atom stereocenters. The van der Waals surface area contributed by atoms with E-state index >= 15 is 0 Å². The summed E-state index contributed by atoms with van der Waals surface area (Å²) >= 11 is 0. The third kappa shape index (κ3) is 4.21. The Morgan fingerprint density at radius 1 is 1.33 bits per heavy atom. The van der Waals surface area contributed by atoms with Crippen LogP contribution in [0, 0.1) is 0 Å². The number of carbonyl (C=O) groups is 2. The molecule has 0 aliphatic rings. The number of carbonyl (C=O) groups excluding carboxylic acids is 2. The van der Waals surface area contributed by atoms with Crippen molar-refractivity contribution in [1.82, 2.24) is 4.98 Å². The fourth-order valence-corrected chi connectivity index (χ4v) is 1.00. The molecule has 0 spiro atoms. The molecule has 1 amide bonds. The normalized spacial score (nSPS) is 9.67. The van der Waals surface area contributed by atoms with E-state index in [2.05, 4.69) is 10.3 Å². The summed E-state index contributed by atoms with van der Waals surface area (Å²) in [6.07, 6.45) is 1.80. The first-order valence-electron chi connectivity index (χ1n) is 4.56. The van der Waals surface area contributed by atoms with Gasteiger partial charge in [0, 0.05) is 25.1 Å². The number of aromatic nitrogens is 1. The Bertz CT molecular complexity index is 402. The molecule has 0 aromatic carbocycles. The summed E-state index contributed by atoms with van der Waals surface area (Å²) in [7, 11) is 0. The summed E-state index contributed by atoms with van der Waals surface area (Å²) in [5, 5.41) is 2.56. The predicted octanol–water partition coefficient (Wildman–Crippen LogP) is 0.683. The van der Waals surface area contributed by atoms with Crippen LogP contribution in [0.25, 0.3) is 0 Å². The molecule has 1 heterocycles. The second kappa shape index (κ2) is 5.09. The van der Waals surface area contributed by atoms with E-state index in [1.54, 1.807) is 0 Å². The largest absolute Gasteiger partial charge is 0.327 e. The van der Waals surface area contributed by atoms with Gasteiger partial charge in [0.25, 0.3) is 0 Å². The van der Waals surface area contributed by atoms with Crippen LogP contribution in [0.3, 0.4) is 0 Å². The molecule has 0 saturated heterocycles. The van der Waals surface area contributed by atoms with Crippen LogP contribution in [-0.4, -0.2) is 16.7 Å². The average Bonchev–Trinajstić information content (AvgIpc) is 2.19. The van der Waals surface area contributed by atoms with Gasteiger partial charge in [0.2, 0.25) is 11.5 Å². The Labute approximate surface area is 86.5 Å². The standard InChI is InChI=1S/C10H12N2O3/c1-7(13)2-4-10(15)12-8-3-5-9(14)11-6-8/h3,5-6H,2,4H2,1H3,(H,11,14)(H,12,15). The number of pyridine rings is 1. The van der Waals surface area contributed by atoms with Crippen molar-refractivity contribution < 1.29 is 9.59 Å². The molecule has 0 bridgehead atoms. The van der Waals surface area contributed by atoms with Crippen LogP contribution in [0.4, 0.5) is 5.69 Å². The molecule has 5 nitrogen and oxygen atoms in total. The molecule has 2 N–H and O–H groups in total. The zero-order chi connectivity index (χ0) is 11.3. The van der Waals surface area contributed by atoms with Crippen molar-refractivity contribution in [3.05, 3.63) is 28.7 Å². The highest BCUT2D eigenvalue weighted by molar-refractivity contribution is 5.92. The van der Waals surface area contributed by atoms with Crippen molar-refractivity contribution in [2.24, 2.45) is 0 Å². The van der Waals surface area contributed by atoms with Gasteiger partial charge in [-0.25, -0.2) is 0 Å². The van der Waals surface area contributed by atoms with Gasteiger partial charge in [-0.2, -0.15) is 0 Å². The third-order valence-electron chi connectivity index (χ3n) is 1.77. The van der Waals surface area contributed by atoms with E-state index < -0.39 is 0 Å². The number of amides is 1. The number of ketones is 1. The predicted molar refractivity (Wildman–Crippen MR) is 55.6 cm³/mol. The SMILES string of the molecule is CC(=O)CCC(=O)Nc1ccc(=O)[nH]c1. The van der Waals surface area contributed by atoms with Crippen molar-refractivity contribution in [2.45, 2.75) is 19.8 Å². The first kappa shape index (κ1) is 11.2. The maximum atomic E-state index is 11.2. The molecular formula is C10H12N2O3. The highest BCUT2D eigenvalue weighted by Crippen LogP contribution is 2.02. The lowest BCUT2D eigenvalue weighted by Crippen LogP contribution is -2.14. The van der Waals surface area contributed by atoms with E-state index in [4.69, 9.17) is 0 Å². The van der Waals surface area contributed by atoms with Crippen LogP contribution >= 0.6 is 0 Å². The molecule has 5 heteroatoms. The number of H-pyrrole nitrogens is 1. The van der Waals surface area contributed by atoms with Crippen LogP contribution in [0.15, 0.2) is 23.1 Å². The maximum absolute atomic E-state index is 11.2. The van der Waals surface area contributed by atoms with Crippen LogP contribution in [0.2, 0.25) is 0 Å². The van der Waals surface area contributed by atoms with Gasteiger partial charge < -0.3 is 15.1 Å². The van der Waals surface area contributed by atoms with E-state index in [0.717, 1.165) is 0 Å². The molecule has 0 aliphatic heterocycles. The molecule has 80 valence electrons. The molecular weight excluding hydrogens is 196 g/mol. The van der Waals surface area contributed by atoms with Crippen molar-refractivity contribution >= 4 is 17.4 Å². The van der Waals surface area contributed by atoms with Crippen molar-refractivity contribution in [2.75, 3.05) is 5.32 Å². The Balaban J connectivity index is 2.48. The van der Waals surface area contributed by atoms with Gasteiger partial charge >= 0.3 is 0 Å². The quantitative estimate of drug-likeness (QED) is 0.763. The number of hydrogen-bond donors (Lipinski definition) is 2. The summed E-state index contributed by atoms with van der Waals surface area (Å²) in [5.74, 6) is -0.260. The Morgan fingerprint density at radius 2 is 2.07 bits per heavy atom. The van der Waals surface area contributed by atoms with E-state index in [0.29, 0.717) is 5.69 Å². The third-order valence-corrected chi connectivity index (χ3v) is 1.77. The molecule has 0 fully saturated rings. The first-order valence-corrected chi connectivity index (χ1v) is 4.56. The van der Waals surface area contributed by atoms with Gasteiger partial charge in [0.15, 0.2) is 0 Å². The molecule has 0 saturated carbocycles. The maximum Gasteiger partial charge on any atom is 0.248 e.